The molecule has 1 aromatic rings. The van der Waals surface area contributed by atoms with Gasteiger partial charge in [0.25, 0.3) is 0 Å². The van der Waals surface area contributed by atoms with Crippen LogP contribution in [0.1, 0.15) is 52.2 Å². The molecule has 3 nitrogen and oxygen atoms in total. The van der Waals surface area contributed by atoms with Crippen LogP contribution in [0, 0.1) is 0 Å². The molecule has 1 heterocycles. The lowest BCUT2D eigenvalue weighted by atomic mass is 10.1. The van der Waals surface area contributed by atoms with Crippen molar-refractivity contribution in [2.75, 3.05) is 20.8 Å². The minimum absolute atomic E-state index is 0.274. The predicted octanol–water partition coefficient (Wildman–Crippen LogP) is 4.21. The second-order valence-corrected chi connectivity index (χ2v) is 3.69. The van der Waals surface area contributed by atoms with E-state index in [-0.39, 0.29) is 12.2 Å². The molecule has 20 heavy (non-hydrogen) atoms. The first-order valence-corrected chi connectivity index (χ1v) is 7.54. The summed E-state index contributed by atoms with van der Waals surface area (Å²) in [5.74, 6) is 0. The number of ether oxygens (including phenoxy) is 2. The zero-order valence-corrected chi connectivity index (χ0v) is 13.9. The summed E-state index contributed by atoms with van der Waals surface area (Å²) in [5, 5.41) is 7.00. The van der Waals surface area contributed by atoms with Crippen molar-refractivity contribution < 1.29 is 14.6 Å². The second-order valence-electron chi connectivity index (χ2n) is 3.69. The van der Waals surface area contributed by atoms with E-state index in [1.54, 1.807) is 7.11 Å². The Kier molecular flexibility index (Phi) is 17.3. The van der Waals surface area contributed by atoms with Crippen molar-refractivity contribution in [3.05, 3.63) is 35.9 Å². The first-order chi connectivity index (χ1) is 9.90. The largest absolute Gasteiger partial charge is 0.400 e. The highest BCUT2D eigenvalue weighted by atomic mass is 16.5. The molecule has 0 bridgehead atoms. The monoisotopic (exact) mass is 284 g/mol. The van der Waals surface area contributed by atoms with Crippen LogP contribution in [0.2, 0.25) is 0 Å². The van der Waals surface area contributed by atoms with Crippen LogP contribution >= 0.6 is 0 Å². The molecular weight excluding hydrogens is 252 g/mol. The van der Waals surface area contributed by atoms with Gasteiger partial charge in [0.1, 0.15) is 0 Å². The lowest BCUT2D eigenvalue weighted by molar-refractivity contribution is -0.00220. The van der Waals surface area contributed by atoms with Crippen molar-refractivity contribution in [3.63, 3.8) is 0 Å². The summed E-state index contributed by atoms with van der Waals surface area (Å²) in [6.45, 7) is 8.71. The summed E-state index contributed by atoms with van der Waals surface area (Å²) in [6.07, 6.45) is 2.77. The minimum Gasteiger partial charge on any atom is -0.400 e. The van der Waals surface area contributed by atoms with E-state index >= 15 is 0 Å². The van der Waals surface area contributed by atoms with E-state index in [2.05, 4.69) is 24.3 Å². The number of rotatable bonds is 3. The summed E-state index contributed by atoms with van der Waals surface area (Å²) in [5.41, 5.74) is 1.28. The van der Waals surface area contributed by atoms with Crippen LogP contribution in [0.15, 0.2) is 30.3 Å². The van der Waals surface area contributed by atoms with Gasteiger partial charge in [0.05, 0.1) is 18.8 Å². The average Bonchev–Trinajstić information content (AvgIpc) is 3.03. The Morgan fingerprint density at radius 2 is 1.60 bits per heavy atom. The topological polar surface area (TPSA) is 38.7 Å². The minimum atomic E-state index is 0.274. The molecule has 0 amide bonds. The van der Waals surface area contributed by atoms with Crippen molar-refractivity contribution in [1.82, 2.24) is 0 Å². The highest BCUT2D eigenvalue weighted by Gasteiger charge is 2.25. The van der Waals surface area contributed by atoms with E-state index in [1.165, 1.54) is 5.56 Å². The zero-order chi connectivity index (χ0) is 15.8. The van der Waals surface area contributed by atoms with Gasteiger partial charge in [-0.3, -0.25) is 0 Å². The van der Waals surface area contributed by atoms with Crippen molar-refractivity contribution in [3.8, 4) is 0 Å². The quantitative estimate of drug-likeness (QED) is 0.903. The molecule has 2 rings (SSSR count). The SMILES string of the molecule is CC.CC.CO.COCC1CCC(c2ccccc2)O1. The van der Waals surface area contributed by atoms with Gasteiger partial charge < -0.3 is 14.6 Å². The van der Waals surface area contributed by atoms with Crippen LogP contribution < -0.4 is 0 Å². The molecule has 1 saturated heterocycles. The van der Waals surface area contributed by atoms with E-state index in [1.807, 2.05) is 33.8 Å². The summed E-state index contributed by atoms with van der Waals surface area (Å²) in [6, 6.07) is 10.4. The molecule has 118 valence electrons. The Morgan fingerprint density at radius 1 is 1.05 bits per heavy atom. The fourth-order valence-electron chi connectivity index (χ4n) is 1.93. The van der Waals surface area contributed by atoms with Crippen molar-refractivity contribution in [2.45, 2.75) is 52.7 Å². The molecule has 1 aliphatic heterocycles. The third-order valence-electron chi connectivity index (χ3n) is 2.63. The summed E-state index contributed by atoms with van der Waals surface area (Å²) >= 11 is 0. The lowest BCUT2D eigenvalue weighted by Crippen LogP contribution is -2.13. The highest BCUT2D eigenvalue weighted by Crippen LogP contribution is 2.32. The third kappa shape index (κ3) is 8.31. The maximum absolute atomic E-state index is 7.00. The van der Waals surface area contributed by atoms with Gasteiger partial charge in [-0.2, -0.15) is 0 Å². The lowest BCUT2D eigenvalue weighted by Gasteiger charge is -2.12. The van der Waals surface area contributed by atoms with Crippen molar-refractivity contribution in [2.24, 2.45) is 0 Å². The van der Waals surface area contributed by atoms with E-state index < -0.39 is 0 Å². The van der Waals surface area contributed by atoms with Crippen LogP contribution in [0.3, 0.4) is 0 Å². The van der Waals surface area contributed by atoms with Gasteiger partial charge >= 0.3 is 0 Å². The Morgan fingerprint density at radius 3 is 2.10 bits per heavy atom. The smallest absolute Gasteiger partial charge is 0.0830 e. The van der Waals surface area contributed by atoms with Crippen LogP contribution in [-0.4, -0.2) is 32.0 Å². The maximum Gasteiger partial charge on any atom is 0.0830 e. The number of hydrogen-bond acceptors (Lipinski definition) is 3. The average molecular weight is 284 g/mol. The first kappa shape index (κ1) is 21.4. The summed E-state index contributed by atoms with van der Waals surface area (Å²) < 4.78 is 10.9. The third-order valence-corrected chi connectivity index (χ3v) is 2.63. The van der Waals surface area contributed by atoms with Gasteiger partial charge in [0, 0.05) is 14.2 Å². The molecule has 0 spiro atoms. The molecular formula is C17H32O3. The van der Waals surface area contributed by atoms with E-state index in [4.69, 9.17) is 14.6 Å². The Hall–Kier alpha value is -0.900. The summed E-state index contributed by atoms with van der Waals surface area (Å²) in [7, 11) is 2.72. The fraction of sp³-hybridized carbons (Fsp3) is 0.647. The van der Waals surface area contributed by atoms with Crippen LogP contribution in [0.4, 0.5) is 0 Å². The van der Waals surface area contributed by atoms with Crippen molar-refractivity contribution in [1.29, 1.82) is 0 Å². The summed E-state index contributed by atoms with van der Waals surface area (Å²) in [4.78, 5) is 0. The van der Waals surface area contributed by atoms with Crippen LogP contribution in [-0.2, 0) is 9.47 Å². The van der Waals surface area contributed by atoms with Crippen LogP contribution in [0.25, 0.3) is 0 Å². The van der Waals surface area contributed by atoms with Crippen molar-refractivity contribution >= 4 is 0 Å². The van der Waals surface area contributed by atoms with Gasteiger partial charge in [-0.1, -0.05) is 58.0 Å². The number of methoxy groups -OCH3 is 1. The van der Waals surface area contributed by atoms with E-state index in [0.717, 1.165) is 20.0 Å². The molecule has 1 fully saturated rings. The van der Waals surface area contributed by atoms with Crippen LogP contribution in [0.5, 0.6) is 0 Å². The molecule has 2 atom stereocenters. The van der Waals surface area contributed by atoms with Gasteiger partial charge in [-0.05, 0) is 18.4 Å². The predicted molar refractivity (Wildman–Crippen MR) is 86.0 cm³/mol. The fourth-order valence-corrected chi connectivity index (χ4v) is 1.93. The van der Waals surface area contributed by atoms with E-state index in [0.29, 0.717) is 6.61 Å². The number of aliphatic hydroxyl groups is 1. The standard InChI is InChI=1S/C12H16O2.2C2H6.CH4O/c1-13-9-11-7-8-12(14-11)10-5-3-2-4-6-10;3*1-2/h2-6,11-12H,7-9H2,1H3;2*1-2H3;2H,1H3. The molecule has 2 unspecified atom stereocenters. The Balaban J connectivity index is 0. The normalized spacial score (nSPS) is 19.6. The molecule has 1 aliphatic rings. The molecule has 3 heteroatoms. The molecule has 0 saturated carbocycles. The van der Waals surface area contributed by atoms with E-state index in [9.17, 15) is 0 Å². The highest BCUT2D eigenvalue weighted by molar-refractivity contribution is 5.18. The Labute approximate surface area is 124 Å². The molecule has 0 aromatic heterocycles. The molecule has 1 aromatic carbocycles. The molecule has 1 N–H and O–H groups in total. The molecule has 0 radical (unpaired) electrons. The zero-order valence-electron chi connectivity index (χ0n) is 13.9. The number of benzene rings is 1. The molecule has 0 aliphatic carbocycles. The first-order valence-electron chi connectivity index (χ1n) is 7.54. The van der Waals surface area contributed by atoms with Gasteiger partial charge in [0.15, 0.2) is 0 Å². The van der Waals surface area contributed by atoms with Gasteiger partial charge in [-0.15, -0.1) is 0 Å². The second kappa shape index (κ2) is 16.2. The van der Waals surface area contributed by atoms with Gasteiger partial charge in [-0.25, -0.2) is 0 Å². The number of hydrogen-bond donors (Lipinski definition) is 1. The van der Waals surface area contributed by atoms with Gasteiger partial charge in [0.2, 0.25) is 0 Å². The Bertz CT molecular complexity index is 275. The number of aliphatic hydroxyl groups excluding tert-OH is 1. The maximum atomic E-state index is 7.00.